The van der Waals surface area contributed by atoms with E-state index >= 15 is 0 Å². The number of hydrogen-bond acceptors (Lipinski definition) is 4. The van der Waals surface area contributed by atoms with Crippen molar-refractivity contribution in [3.05, 3.63) is 59.9 Å². The molecule has 28 heavy (non-hydrogen) atoms. The summed E-state index contributed by atoms with van der Waals surface area (Å²) < 4.78 is 0. The first-order chi connectivity index (χ1) is 13.6. The molecular weight excluding hydrogens is 348 g/mol. The van der Waals surface area contributed by atoms with Gasteiger partial charge in [-0.2, -0.15) is 0 Å². The van der Waals surface area contributed by atoms with Crippen LogP contribution in [0.1, 0.15) is 49.0 Å². The Hall–Kier alpha value is -2.40. The number of nitrogens with one attached hydrogen (secondary N) is 1. The number of hydrogen-bond donors (Lipinski definition) is 1. The lowest BCUT2D eigenvalue weighted by Crippen LogP contribution is -2.48. The van der Waals surface area contributed by atoms with E-state index in [1.54, 1.807) is 12.4 Å². The summed E-state index contributed by atoms with van der Waals surface area (Å²) in [6.07, 6.45) is 6.89. The van der Waals surface area contributed by atoms with Gasteiger partial charge in [0.15, 0.2) is 0 Å². The molecule has 1 aromatic heterocycles. The molecule has 148 valence electrons. The van der Waals surface area contributed by atoms with Crippen molar-refractivity contribution < 1.29 is 4.79 Å². The Bertz CT molecular complexity index is 807. The fourth-order valence-corrected chi connectivity index (χ4v) is 4.86. The molecule has 3 heterocycles. The molecule has 0 radical (unpaired) electrons. The Morgan fingerprint density at radius 2 is 1.93 bits per heavy atom. The zero-order chi connectivity index (χ0) is 19.5. The first-order valence-corrected chi connectivity index (χ1v) is 10.4. The number of fused-ring (bicyclic) bond motifs is 3. The van der Waals surface area contributed by atoms with Gasteiger partial charge in [-0.15, -0.1) is 0 Å². The van der Waals surface area contributed by atoms with Crippen molar-refractivity contribution in [2.75, 3.05) is 18.4 Å². The minimum absolute atomic E-state index is 0.0642. The number of para-hydroxylation sites is 1. The first kappa shape index (κ1) is 18.9. The molecule has 2 atom stereocenters. The Morgan fingerprint density at radius 1 is 1.11 bits per heavy atom. The van der Waals surface area contributed by atoms with Crippen LogP contribution in [-0.2, 0) is 6.54 Å². The summed E-state index contributed by atoms with van der Waals surface area (Å²) in [6, 6.07) is 13.5. The molecular formula is C23H30N4O. The highest BCUT2D eigenvalue weighted by Crippen LogP contribution is 2.31. The highest BCUT2D eigenvalue weighted by atomic mass is 16.2. The zero-order valence-corrected chi connectivity index (χ0v) is 16.8. The van der Waals surface area contributed by atoms with Gasteiger partial charge < -0.3 is 10.2 Å². The lowest BCUT2D eigenvalue weighted by Gasteiger charge is -2.36. The van der Waals surface area contributed by atoms with E-state index in [4.69, 9.17) is 0 Å². The highest BCUT2D eigenvalue weighted by Gasteiger charge is 2.37. The maximum absolute atomic E-state index is 13.4. The number of amides is 1. The van der Waals surface area contributed by atoms with Gasteiger partial charge in [-0.25, -0.2) is 0 Å². The number of rotatable bonds is 2. The van der Waals surface area contributed by atoms with Crippen LogP contribution in [0.2, 0.25) is 0 Å². The number of pyridine rings is 1. The monoisotopic (exact) mass is 378 g/mol. The third-order valence-electron chi connectivity index (χ3n) is 6.07. The number of benzene rings is 1. The average molecular weight is 379 g/mol. The summed E-state index contributed by atoms with van der Waals surface area (Å²) in [7, 11) is 0. The summed E-state index contributed by atoms with van der Waals surface area (Å²) in [5, 5.41) is 3.63. The van der Waals surface area contributed by atoms with E-state index in [0.717, 1.165) is 31.6 Å². The van der Waals surface area contributed by atoms with Crippen LogP contribution in [-0.4, -0.2) is 51.9 Å². The smallest absolute Gasteiger partial charge is 0.255 e. The Morgan fingerprint density at radius 3 is 2.71 bits per heavy atom. The van der Waals surface area contributed by atoms with Gasteiger partial charge in [0, 0.05) is 55.8 Å². The van der Waals surface area contributed by atoms with Crippen LogP contribution >= 0.6 is 0 Å². The third-order valence-corrected chi connectivity index (χ3v) is 6.07. The quantitative estimate of drug-likeness (QED) is 0.864. The second kappa shape index (κ2) is 8.31. The Labute approximate surface area is 167 Å². The molecule has 2 aliphatic rings. The summed E-state index contributed by atoms with van der Waals surface area (Å²) in [5.41, 5.74) is 2.97. The maximum Gasteiger partial charge on any atom is 0.255 e. The van der Waals surface area contributed by atoms with E-state index in [2.05, 4.69) is 53.3 Å². The molecule has 0 saturated carbocycles. The predicted octanol–water partition coefficient (Wildman–Crippen LogP) is 3.78. The number of nitrogens with zero attached hydrogens (tertiary/aromatic N) is 3. The van der Waals surface area contributed by atoms with Crippen LogP contribution in [0.25, 0.3) is 0 Å². The molecule has 1 aromatic carbocycles. The fourth-order valence-electron chi connectivity index (χ4n) is 4.86. The number of carbonyl (C=O) groups excluding carboxylic acids is 1. The van der Waals surface area contributed by atoms with Crippen LogP contribution in [0.3, 0.4) is 0 Å². The normalized spacial score (nSPS) is 23.0. The molecule has 2 aliphatic heterocycles. The molecule has 1 N–H and O–H groups in total. The van der Waals surface area contributed by atoms with Gasteiger partial charge in [0.1, 0.15) is 0 Å². The fraction of sp³-hybridized carbons (Fsp3) is 0.478. The summed E-state index contributed by atoms with van der Waals surface area (Å²) in [5.74, 6) is 0.0642. The summed E-state index contributed by atoms with van der Waals surface area (Å²) in [4.78, 5) is 22.2. The Kier molecular flexibility index (Phi) is 5.62. The van der Waals surface area contributed by atoms with E-state index in [-0.39, 0.29) is 5.91 Å². The number of carbonyl (C=O) groups is 1. The molecule has 2 bridgehead atoms. The van der Waals surface area contributed by atoms with Crippen molar-refractivity contribution >= 4 is 11.6 Å². The van der Waals surface area contributed by atoms with E-state index in [1.807, 2.05) is 17.0 Å². The van der Waals surface area contributed by atoms with E-state index in [0.29, 0.717) is 30.2 Å². The second-order valence-corrected chi connectivity index (χ2v) is 8.23. The van der Waals surface area contributed by atoms with Crippen LogP contribution in [0.5, 0.6) is 0 Å². The minimum Gasteiger partial charge on any atom is -0.385 e. The molecule has 5 nitrogen and oxygen atoms in total. The van der Waals surface area contributed by atoms with Crippen LogP contribution < -0.4 is 5.32 Å². The topological polar surface area (TPSA) is 48.5 Å². The van der Waals surface area contributed by atoms with E-state index < -0.39 is 0 Å². The van der Waals surface area contributed by atoms with Gasteiger partial charge in [0.25, 0.3) is 5.91 Å². The molecule has 2 aromatic rings. The van der Waals surface area contributed by atoms with Gasteiger partial charge in [-0.1, -0.05) is 18.2 Å². The van der Waals surface area contributed by atoms with Crippen LogP contribution in [0, 0.1) is 0 Å². The van der Waals surface area contributed by atoms with Crippen molar-refractivity contribution in [3.63, 3.8) is 0 Å². The summed E-state index contributed by atoms with van der Waals surface area (Å²) >= 11 is 0. The van der Waals surface area contributed by atoms with Gasteiger partial charge in [0.2, 0.25) is 0 Å². The second-order valence-electron chi connectivity index (χ2n) is 8.23. The largest absolute Gasteiger partial charge is 0.385 e. The lowest BCUT2D eigenvalue weighted by molar-refractivity contribution is 0.0633. The summed E-state index contributed by atoms with van der Waals surface area (Å²) in [6.45, 7) is 6.90. The number of aromatic nitrogens is 1. The van der Waals surface area contributed by atoms with Crippen molar-refractivity contribution in [2.24, 2.45) is 0 Å². The average Bonchev–Trinajstić information content (AvgIpc) is 3.09. The van der Waals surface area contributed by atoms with Gasteiger partial charge in [0.05, 0.1) is 5.56 Å². The van der Waals surface area contributed by atoms with E-state index in [9.17, 15) is 4.79 Å². The van der Waals surface area contributed by atoms with Crippen LogP contribution in [0.4, 0.5) is 5.69 Å². The maximum atomic E-state index is 13.4. The molecule has 5 heteroatoms. The minimum atomic E-state index is 0.0642. The molecule has 0 aliphatic carbocycles. The van der Waals surface area contributed by atoms with Gasteiger partial charge in [-0.05, 0) is 56.9 Å². The molecule has 0 spiro atoms. The van der Waals surface area contributed by atoms with Gasteiger partial charge in [-0.3, -0.25) is 14.7 Å². The van der Waals surface area contributed by atoms with Crippen molar-refractivity contribution in [1.82, 2.24) is 14.8 Å². The van der Waals surface area contributed by atoms with Crippen LogP contribution in [0.15, 0.2) is 48.8 Å². The SMILES string of the molecule is CC(C)N1[C@H]2CCNc3ccccc3CN(C(=O)c3cccnc3)C[C@@H]1CC2. The first-order valence-electron chi connectivity index (χ1n) is 10.4. The lowest BCUT2D eigenvalue weighted by atomic mass is 10.1. The molecule has 1 amide bonds. The van der Waals surface area contributed by atoms with Crippen molar-refractivity contribution in [2.45, 2.75) is 57.8 Å². The predicted molar refractivity (Wildman–Crippen MR) is 112 cm³/mol. The molecule has 4 rings (SSSR count). The van der Waals surface area contributed by atoms with E-state index in [1.165, 1.54) is 12.0 Å². The highest BCUT2D eigenvalue weighted by molar-refractivity contribution is 5.94. The number of anilines is 1. The van der Waals surface area contributed by atoms with Gasteiger partial charge >= 0.3 is 0 Å². The zero-order valence-electron chi connectivity index (χ0n) is 16.8. The third kappa shape index (κ3) is 3.90. The molecule has 1 saturated heterocycles. The van der Waals surface area contributed by atoms with Crippen molar-refractivity contribution in [1.29, 1.82) is 0 Å². The molecule has 1 fully saturated rings. The molecule has 0 unspecified atom stereocenters. The van der Waals surface area contributed by atoms with Crippen molar-refractivity contribution in [3.8, 4) is 0 Å². The Balaban J connectivity index is 1.69. The standard InChI is InChI=1S/C23H30N4O/c1-17(2)27-20-9-10-21(27)16-26(23(28)18-7-5-12-24-14-18)15-19-6-3-4-8-22(19)25-13-11-20/h3-8,12,14,17,20-21,25H,9-11,13,15-16H2,1-2H3/t20-,21+/m1/s1.